The van der Waals surface area contributed by atoms with Crippen molar-refractivity contribution in [3.05, 3.63) is 18.3 Å². The van der Waals surface area contributed by atoms with Crippen molar-refractivity contribution in [2.24, 2.45) is 5.92 Å². The maximum atomic E-state index is 12.4. The van der Waals surface area contributed by atoms with Gasteiger partial charge in [0.15, 0.2) is 0 Å². The van der Waals surface area contributed by atoms with E-state index in [0.29, 0.717) is 31.6 Å². The highest BCUT2D eigenvalue weighted by atomic mass is 16.5. The third kappa shape index (κ3) is 4.03. The van der Waals surface area contributed by atoms with Gasteiger partial charge in [-0.3, -0.25) is 9.59 Å². The molecule has 24 heavy (non-hydrogen) atoms. The molecule has 2 aliphatic rings. The summed E-state index contributed by atoms with van der Waals surface area (Å²) in [5.41, 5.74) is 0.714. The number of nitrogens with one attached hydrogen (secondary N) is 1. The highest BCUT2D eigenvalue weighted by molar-refractivity contribution is 5.92. The van der Waals surface area contributed by atoms with Crippen LogP contribution in [0.5, 0.6) is 0 Å². The molecule has 130 valence electrons. The molecule has 1 N–H and O–H groups in total. The minimum Gasteiger partial charge on any atom is -0.378 e. The number of likely N-dealkylation sites (tertiary alicyclic amines) is 1. The Morgan fingerprint density at radius 3 is 2.46 bits per heavy atom. The molecule has 0 atom stereocenters. The molecule has 0 saturated carbocycles. The molecule has 2 saturated heterocycles. The summed E-state index contributed by atoms with van der Waals surface area (Å²) in [7, 11) is 0. The molecule has 1 aromatic heterocycles. The molecule has 1 aromatic rings. The number of carbonyl (C=O) groups is 2. The predicted octanol–water partition coefficient (Wildman–Crippen LogP) is 1.12. The zero-order valence-electron chi connectivity index (χ0n) is 14.0. The lowest BCUT2D eigenvalue weighted by molar-refractivity contribution is -0.132. The van der Waals surface area contributed by atoms with Crippen LogP contribution in [0.15, 0.2) is 18.3 Å². The summed E-state index contributed by atoms with van der Waals surface area (Å²) in [5, 5.41) is 2.94. The van der Waals surface area contributed by atoms with Gasteiger partial charge in [-0.1, -0.05) is 0 Å². The Morgan fingerprint density at radius 2 is 1.88 bits per heavy atom. The number of carbonyl (C=O) groups excluding carboxylic acids is 2. The number of nitrogens with zero attached hydrogens (tertiary/aromatic N) is 3. The molecule has 0 bridgehead atoms. The fourth-order valence-corrected chi connectivity index (χ4v) is 3.14. The third-order valence-corrected chi connectivity index (χ3v) is 4.66. The number of piperidine rings is 1. The lowest BCUT2D eigenvalue weighted by atomic mass is 9.96. The Morgan fingerprint density at radius 1 is 1.17 bits per heavy atom. The third-order valence-electron chi connectivity index (χ3n) is 4.66. The molecule has 0 spiro atoms. The van der Waals surface area contributed by atoms with Gasteiger partial charge in [-0.25, -0.2) is 4.98 Å². The molecule has 0 aliphatic carbocycles. The first-order valence-corrected chi connectivity index (χ1v) is 8.48. The van der Waals surface area contributed by atoms with E-state index in [-0.39, 0.29) is 17.7 Å². The van der Waals surface area contributed by atoms with Crippen LogP contribution in [0.4, 0.5) is 11.5 Å². The molecule has 3 heterocycles. The smallest absolute Gasteiger partial charge is 0.227 e. The number of morpholine rings is 1. The molecule has 7 heteroatoms. The van der Waals surface area contributed by atoms with E-state index < -0.39 is 0 Å². The van der Waals surface area contributed by atoms with Gasteiger partial charge >= 0.3 is 0 Å². The van der Waals surface area contributed by atoms with Gasteiger partial charge in [0.25, 0.3) is 0 Å². The summed E-state index contributed by atoms with van der Waals surface area (Å²) in [6.07, 6.45) is 3.13. The van der Waals surface area contributed by atoms with Crippen molar-refractivity contribution in [2.45, 2.75) is 19.8 Å². The first-order valence-electron chi connectivity index (χ1n) is 8.48. The topological polar surface area (TPSA) is 74.8 Å². The minimum atomic E-state index is -0.0421. The van der Waals surface area contributed by atoms with E-state index in [1.165, 1.54) is 0 Å². The molecular formula is C17H24N4O3. The number of anilines is 2. The molecule has 0 aromatic carbocycles. The maximum absolute atomic E-state index is 12.4. The Kier molecular flexibility index (Phi) is 5.30. The van der Waals surface area contributed by atoms with E-state index in [0.717, 1.165) is 32.1 Å². The lowest BCUT2D eigenvalue weighted by Crippen LogP contribution is -2.40. The summed E-state index contributed by atoms with van der Waals surface area (Å²) in [4.78, 5) is 32.1. The molecule has 3 rings (SSSR count). The van der Waals surface area contributed by atoms with E-state index in [2.05, 4.69) is 15.2 Å². The maximum Gasteiger partial charge on any atom is 0.227 e. The van der Waals surface area contributed by atoms with E-state index in [9.17, 15) is 9.59 Å². The second kappa shape index (κ2) is 7.61. The Bertz CT molecular complexity index is 576. The first kappa shape index (κ1) is 16.7. The van der Waals surface area contributed by atoms with Gasteiger partial charge in [-0.05, 0) is 25.0 Å². The van der Waals surface area contributed by atoms with Crippen LogP contribution in [0, 0.1) is 5.92 Å². The highest BCUT2D eigenvalue weighted by Gasteiger charge is 2.26. The average Bonchev–Trinajstić information content (AvgIpc) is 2.63. The van der Waals surface area contributed by atoms with Crippen LogP contribution in [-0.2, 0) is 14.3 Å². The molecule has 2 aliphatic heterocycles. The quantitative estimate of drug-likeness (QED) is 0.898. The van der Waals surface area contributed by atoms with E-state index >= 15 is 0 Å². The summed E-state index contributed by atoms with van der Waals surface area (Å²) in [6, 6.07) is 3.82. The number of hydrogen-bond donors (Lipinski definition) is 1. The van der Waals surface area contributed by atoms with Crippen LogP contribution in [0.1, 0.15) is 19.8 Å². The molecule has 2 fully saturated rings. The van der Waals surface area contributed by atoms with Crippen molar-refractivity contribution in [3.8, 4) is 0 Å². The molecule has 7 nitrogen and oxygen atoms in total. The Balaban J connectivity index is 1.52. The van der Waals surface area contributed by atoms with Crippen molar-refractivity contribution < 1.29 is 14.3 Å². The van der Waals surface area contributed by atoms with E-state index in [1.807, 2.05) is 12.1 Å². The van der Waals surface area contributed by atoms with Crippen LogP contribution < -0.4 is 10.2 Å². The van der Waals surface area contributed by atoms with Crippen LogP contribution in [0.2, 0.25) is 0 Å². The first-order chi connectivity index (χ1) is 11.6. The second-order valence-corrected chi connectivity index (χ2v) is 6.27. The summed E-state index contributed by atoms with van der Waals surface area (Å²) >= 11 is 0. The van der Waals surface area contributed by atoms with Crippen LogP contribution in [0.25, 0.3) is 0 Å². The van der Waals surface area contributed by atoms with E-state index in [1.54, 1.807) is 18.0 Å². The van der Waals surface area contributed by atoms with Gasteiger partial charge in [-0.2, -0.15) is 0 Å². The monoisotopic (exact) mass is 332 g/mol. The molecule has 2 amide bonds. The summed E-state index contributed by atoms with van der Waals surface area (Å²) in [5.74, 6) is 0.960. The van der Waals surface area contributed by atoms with Crippen molar-refractivity contribution in [1.29, 1.82) is 0 Å². The van der Waals surface area contributed by atoms with Crippen molar-refractivity contribution in [1.82, 2.24) is 9.88 Å². The summed E-state index contributed by atoms with van der Waals surface area (Å²) < 4.78 is 5.34. The van der Waals surface area contributed by atoms with Gasteiger partial charge in [0.2, 0.25) is 11.8 Å². The fraction of sp³-hybridized carbons (Fsp3) is 0.588. The van der Waals surface area contributed by atoms with E-state index in [4.69, 9.17) is 4.74 Å². The van der Waals surface area contributed by atoms with Gasteiger partial charge in [0.1, 0.15) is 5.82 Å². The number of hydrogen-bond acceptors (Lipinski definition) is 5. The van der Waals surface area contributed by atoms with Crippen molar-refractivity contribution >= 4 is 23.3 Å². The highest BCUT2D eigenvalue weighted by Crippen LogP contribution is 2.20. The Labute approximate surface area is 142 Å². The van der Waals surface area contributed by atoms with Crippen molar-refractivity contribution in [2.75, 3.05) is 49.6 Å². The summed E-state index contributed by atoms with van der Waals surface area (Å²) in [6.45, 7) is 6.00. The number of ether oxygens (including phenoxy) is 1. The molecule has 0 unspecified atom stereocenters. The number of rotatable bonds is 3. The predicted molar refractivity (Wildman–Crippen MR) is 90.9 cm³/mol. The number of aromatic nitrogens is 1. The lowest BCUT2D eigenvalue weighted by Gasteiger charge is -2.30. The SMILES string of the molecule is CC(=O)N1CCC(C(=O)Nc2ccc(N3CCOCC3)nc2)CC1. The average molecular weight is 332 g/mol. The van der Waals surface area contributed by atoms with Crippen molar-refractivity contribution in [3.63, 3.8) is 0 Å². The van der Waals surface area contributed by atoms with Gasteiger partial charge in [0.05, 0.1) is 25.1 Å². The van der Waals surface area contributed by atoms with Crippen LogP contribution in [-0.4, -0.2) is 61.1 Å². The van der Waals surface area contributed by atoms with Gasteiger partial charge in [0, 0.05) is 39.0 Å². The van der Waals surface area contributed by atoms with Crippen LogP contribution in [0.3, 0.4) is 0 Å². The number of amides is 2. The Hall–Kier alpha value is -2.15. The molecule has 0 radical (unpaired) electrons. The zero-order valence-corrected chi connectivity index (χ0v) is 14.0. The standard InChI is InChI=1S/C17H24N4O3/c1-13(22)20-6-4-14(5-7-20)17(23)19-15-2-3-16(18-12-15)21-8-10-24-11-9-21/h2-3,12,14H,4-11H2,1H3,(H,19,23). The van der Waals surface area contributed by atoms with Gasteiger partial charge in [-0.15, -0.1) is 0 Å². The number of pyridine rings is 1. The molecular weight excluding hydrogens is 308 g/mol. The van der Waals surface area contributed by atoms with Crippen LogP contribution >= 0.6 is 0 Å². The second-order valence-electron chi connectivity index (χ2n) is 6.27. The zero-order chi connectivity index (χ0) is 16.9. The fourth-order valence-electron chi connectivity index (χ4n) is 3.14. The van der Waals surface area contributed by atoms with Gasteiger partial charge < -0.3 is 19.9 Å². The largest absolute Gasteiger partial charge is 0.378 e. The minimum absolute atomic E-state index is 0.0131. The normalized spacial score (nSPS) is 19.2.